The van der Waals surface area contributed by atoms with Gasteiger partial charge in [-0.25, -0.2) is 0 Å². The first-order chi connectivity index (χ1) is 11.7. The zero-order valence-electron chi connectivity index (χ0n) is 15.7. The summed E-state index contributed by atoms with van der Waals surface area (Å²) in [6.07, 6.45) is 15.2. The molecule has 1 aliphatic rings. The van der Waals surface area contributed by atoms with E-state index in [0.717, 1.165) is 23.0 Å². The van der Waals surface area contributed by atoms with Crippen LogP contribution in [0, 0.1) is 5.41 Å². The lowest BCUT2D eigenvalue weighted by Gasteiger charge is -2.34. The maximum atomic E-state index is 12.0. The lowest BCUT2D eigenvalue weighted by atomic mass is 9.71. The van der Waals surface area contributed by atoms with Crippen LogP contribution in [0.15, 0.2) is 70.9 Å². The molecule has 0 aromatic rings. The number of hydrogen-bond acceptors (Lipinski definition) is 3. The van der Waals surface area contributed by atoms with E-state index in [1.54, 1.807) is 13.0 Å². The summed E-state index contributed by atoms with van der Waals surface area (Å²) in [6, 6.07) is 0. The second-order valence-corrected chi connectivity index (χ2v) is 7.04. The predicted octanol–water partition coefficient (Wildman–Crippen LogP) is 4.42. The average molecular weight is 340 g/mol. The molecule has 0 aromatic heterocycles. The monoisotopic (exact) mass is 340 g/mol. The van der Waals surface area contributed by atoms with Crippen molar-refractivity contribution in [3.8, 4) is 0 Å². The maximum Gasteiger partial charge on any atom is 0.187 e. The van der Waals surface area contributed by atoms with Gasteiger partial charge < -0.3 is 5.11 Å². The molecular formula is C22H28O3. The molecule has 0 radical (unpaired) electrons. The van der Waals surface area contributed by atoms with Gasteiger partial charge in [-0.2, -0.15) is 0 Å². The van der Waals surface area contributed by atoms with Gasteiger partial charge in [-0.15, -0.1) is 0 Å². The van der Waals surface area contributed by atoms with Gasteiger partial charge >= 0.3 is 0 Å². The first-order valence-corrected chi connectivity index (χ1v) is 8.44. The Morgan fingerprint density at radius 2 is 1.68 bits per heavy atom. The van der Waals surface area contributed by atoms with Crippen LogP contribution in [0.1, 0.15) is 41.0 Å². The second kappa shape index (κ2) is 9.28. The maximum absolute atomic E-state index is 12.0. The molecule has 0 aliphatic heterocycles. The van der Waals surface area contributed by atoms with Gasteiger partial charge in [0.25, 0.3) is 0 Å². The SMILES string of the molecule is CC1=C(/C=C/C(C)=C/C=C/C(C)=C/C=C/C=O)C(C)(C)C[C@H](O)C1=O. The summed E-state index contributed by atoms with van der Waals surface area (Å²) in [5.41, 5.74) is 3.49. The number of hydrogen-bond donors (Lipinski definition) is 1. The van der Waals surface area contributed by atoms with Crippen LogP contribution in [0.25, 0.3) is 0 Å². The third-order valence-electron chi connectivity index (χ3n) is 4.29. The van der Waals surface area contributed by atoms with Crippen LogP contribution in [-0.2, 0) is 9.59 Å². The second-order valence-electron chi connectivity index (χ2n) is 7.04. The number of carbonyl (C=O) groups is 2. The van der Waals surface area contributed by atoms with Gasteiger partial charge in [0.05, 0.1) is 0 Å². The third kappa shape index (κ3) is 6.28. The molecule has 1 aliphatic carbocycles. The summed E-state index contributed by atoms with van der Waals surface area (Å²) in [4.78, 5) is 22.2. The number of Topliss-reactive ketones (excluding diaryl/α,β-unsaturated/α-hetero) is 1. The van der Waals surface area contributed by atoms with E-state index in [-0.39, 0.29) is 11.2 Å². The van der Waals surface area contributed by atoms with Gasteiger partial charge in [0, 0.05) is 0 Å². The van der Waals surface area contributed by atoms with E-state index in [1.807, 2.05) is 64.2 Å². The van der Waals surface area contributed by atoms with Crippen molar-refractivity contribution in [2.24, 2.45) is 5.41 Å². The number of carbonyl (C=O) groups excluding carboxylic acids is 2. The lowest BCUT2D eigenvalue weighted by molar-refractivity contribution is -0.125. The Bertz CT molecular complexity index is 695. The van der Waals surface area contributed by atoms with E-state index in [1.165, 1.54) is 6.08 Å². The average Bonchev–Trinajstić information content (AvgIpc) is 2.52. The Kier molecular flexibility index (Phi) is 7.72. The predicted molar refractivity (Wildman–Crippen MR) is 103 cm³/mol. The molecule has 0 aromatic carbocycles. The van der Waals surface area contributed by atoms with Gasteiger partial charge in [0.2, 0.25) is 0 Å². The van der Waals surface area contributed by atoms with Crippen molar-refractivity contribution >= 4 is 12.1 Å². The summed E-state index contributed by atoms with van der Waals surface area (Å²) in [6.45, 7) is 9.83. The van der Waals surface area contributed by atoms with E-state index in [0.29, 0.717) is 12.0 Å². The van der Waals surface area contributed by atoms with Crippen molar-refractivity contribution in [2.75, 3.05) is 0 Å². The number of ketones is 1. The number of allylic oxidation sites excluding steroid dienone is 11. The fourth-order valence-electron chi connectivity index (χ4n) is 2.86. The fourth-order valence-corrected chi connectivity index (χ4v) is 2.86. The number of rotatable bonds is 6. The van der Waals surface area contributed by atoms with Crippen LogP contribution < -0.4 is 0 Å². The van der Waals surface area contributed by atoms with E-state index in [9.17, 15) is 14.7 Å². The minimum atomic E-state index is -0.894. The highest BCUT2D eigenvalue weighted by atomic mass is 16.3. The van der Waals surface area contributed by atoms with Crippen LogP contribution in [0.4, 0.5) is 0 Å². The summed E-state index contributed by atoms with van der Waals surface area (Å²) >= 11 is 0. The fraction of sp³-hybridized carbons (Fsp3) is 0.364. The molecule has 0 fully saturated rings. The van der Waals surface area contributed by atoms with Crippen molar-refractivity contribution in [1.29, 1.82) is 0 Å². The van der Waals surface area contributed by atoms with E-state index < -0.39 is 6.10 Å². The largest absolute Gasteiger partial charge is 0.385 e. The first kappa shape index (κ1) is 20.8. The lowest BCUT2D eigenvalue weighted by Crippen LogP contribution is -2.35. The van der Waals surface area contributed by atoms with Gasteiger partial charge in [-0.1, -0.05) is 67.5 Å². The molecule has 0 bridgehead atoms. The van der Waals surface area contributed by atoms with Gasteiger partial charge in [-0.05, 0) is 49.8 Å². The van der Waals surface area contributed by atoms with E-state index in [4.69, 9.17) is 0 Å². The molecule has 0 amide bonds. The van der Waals surface area contributed by atoms with Crippen molar-refractivity contribution in [3.05, 3.63) is 70.9 Å². The highest BCUT2D eigenvalue weighted by Crippen LogP contribution is 2.39. The minimum Gasteiger partial charge on any atom is -0.385 e. The molecule has 1 rings (SSSR count). The summed E-state index contributed by atoms with van der Waals surface area (Å²) in [5, 5.41) is 9.87. The van der Waals surface area contributed by atoms with Crippen molar-refractivity contribution in [2.45, 2.75) is 47.1 Å². The third-order valence-corrected chi connectivity index (χ3v) is 4.29. The van der Waals surface area contributed by atoms with Gasteiger partial charge in [0.1, 0.15) is 12.4 Å². The first-order valence-electron chi connectivity index (χ1n) is 8.44. The zero-order valence-corrected chi connectivity index (χ0v) is 15.7. The summed E-state index contributed by atoms with van der Waals surface area (Å²) < 4.78 is 0. The van der Waals surface area contributed by atoms with E-state index >= 15 is 0 Å². The molecule has 0 spiro atoms. The highest BCUT2D eigenvalue weighted by Gasteiger charge is 2.36. The normalized spacial score (nSPS) is 22.6. The Balaban J connectivity index is 2.89. The van der Waals surface area contributed by atoms with Crippen LogP contribution in [0.2, 0.25) is 0 Å². The number of aliphatic hydroxyl groups is 1. The van der Waals surface area contributed by atoms with Crippen LogP contribution in [0.5, 0.6) is 0 Å². The zero-order chi connectivity index (χ0) is 19.0. The molecule has 0 saturated carbocycles. The summed E-state index contributed by atoms with van der Waals surface area (Å²) in [5.74, 6) is -0.176. The van der Waals surface area contributed by atoms with Crippen LogP contribution in [0.3, 0.4) is 0 Å². The molecule has 1 N–H and O–H groups in total. The molecule has 3 nitrogen and oxygen atoms in total. The smallest absolute Gasteiger partial charge is 0.187 e. The molecule has 0 saturated heterocycles. The van der Waals surface area contributed by atoms with Crippen LogP contribution >= 0.6 is 0 Å². The topological polar surface area (TPSA) is 54.4 Å². The molecular weight excluding hydrogens is 312 g/mol. The quantitative estimate of drug-likeness (QED) is 0.442. The van der Waals surface area contributed by atoms with E-state index in [2.05, 4.69) is 0 Å². The Labute approximate surface area is 150 Å². The standard InChI is InChI=1S/C22H28O3/c1-16(9-6-7-14-23)10-8-11-17(2)12-13-19-18(3)21(25)20(24)15-22(19,4)5/h6-14,20,24H,15H2,1-5H3/b7-6+,10-8+,13-12+,16-9+,17-11+/t20-/m0/s1. The molecule has 1 atom stereocenters. The summed E-state index contributed by atoms with van der Waals surface area (Å²) in [7, 11) is 0. The number of aliphatic hydroxyl groups excluding tert-OH is 1. The Morgan fingerprint density at radius 1 is 1.08 bits per heavy atom. The molecule has 25 heavy (non-hydrogen) atoms. The van der Waals surface area contributed by atoms with Crippen LogP contribution in [-0.4, -0.2) is 23.3 Å². The van der Waals surface area contributed by atoms with Gasteiger partial charge in [-0.3, -0.25) is 9.59 Å². The minimum absolute atomic E-state index is 0.176. The Morgan fingerprint density at radius 3 is 2.32 bits per heavy atom. The molecule has 3 heteroatoms. The van der Waals surface area contributed by atoms with Crippen molar-refractivity contribution < 1.29 is 14.7 Å². The number of aldehydes is 1. The Hall–Kier alpha value is -2.26. The van der Waals surface area contributed by atoms with Crippen molar-refractivity contribution in [3.63, 3.8) is 0 Å². The van der Waals surface area contributed by atoms with Gasteiger partial charge in [0.15, 0.2) is 5.78 Å². The molecule has 0 heterocycles. The molecule has 134 valence electrons. The molecule has 0 unspecified atom stereocenters. The highest BCUT2D eigenvalue weighted by molar-refractivity contribution is 6.00. The van der Waals surface area contributed by atoms with Crippen molar-refractivity contribution in [1.82, 2.24) is 0 Å².